The summed E-state index contributed by atoms with van der Waals surface area (Å²) in [6.07, 6.45) is 3.34. The fraction of sp³-hybridized carbons (Fsp3) is 0.583. The Hall–Kier alpha value is -3.02. The Morgan fingerprint density at radius 3 is 1.77 bits per heavy atom. The van der Waals surface area contributed by atoms with Gasteiger partial charge in [-0.2, -0.15) is 0 Å². The van der Waals surface area contributed by atoms with Crippen LogP contribution < -0.4 is 33.2 Å². The molecule has 0 spiro atoms. The van der Waals surface area contributed by atoms with Crippen LogP contribution in [0, 0.1) is 0 Å². The van der Waals surface area contributed by atoms with Gasteiger partial charge in [-0.25, -0.2) is 0 Å². The maximum absolute atomic E-state index is 13.1. The van der Waals surface area contributed by atoms with Crippen LogP contribution in [0.5, 0.6) is 0 Å². The van der Waals surface area contributed by atoms with Gasteiger partial charge in [0.2, 0.25) is 17.7 Å². The van der Waals surface area contributed by atoms with Crippen LogP contribution in [-0.4, -0.2) is 66.1 Å². The van der Waals surface area contributed by atoms with Crippen LogP contribution in [0.1, 0.15) is 51.0 Å². The maximum Gasteiger partial charge on any atom is 0.325 e. The summed E-state index contributed by atoms with van der Waals surface area (Å²) in [7, 11) is 0. The van der Waals surface area contributed by atoms with Crippen molar-refractivity contribution < 1.29 is 24.3 Å². The molecule has 1 aromatic carbocycles. The van der Waals surface area contributed by atoms with Crippen LogP contribution in [-0.2, 0) is 25.6 Å². The molecule has 1 rings (SSSR count). The Bertz CT molecular complexity index is 807. The van der Waals surface area contributed by atoms with Gasteiger partial charge in [0.05, 0.1) is 6.04 Å². The molecule has 11 nitrogen and oxygen atoms in total. The van der Waals surface area contributed by atoms with Gasteiger partial charge in [0, 0.05) is 0 Å². The van der Waals surface area contributed by atoms with E-state index in [1.807, 2.05) is 30.3 Å². The first kappa shape index (κ1) is 30.0. The van der Waals surface area contributed by atoms with Gasteiger partial charge in [-0.3, -0.25) is 19.2 Å². The first-order valence-electron chi connectivity index (χ1n) is 12.0. The van der Waals surface area contributed by atoms with Gasteiger partial charge in [-0.05, 0) is 70.5 Å². The van der Waals surface area contributed by atoms with Crippen molar-refractivity contribution >= 4 is 23.7 Å². The highest BCUT2D eigenvalue weighted by atomic mass is 16.4. The number of hydrogen-bond acceptors (Lipinski definition) is 7. The number of nitrogens with one attached hydrogen (secondary N) is 3. The second kappa shape index (κ2) is 16.6. The molecular weight excluding hydrogens is 452 g/mol. The van der Waals surface area contributed by atoms with E-state index < -0.39 is 47.9 Å². The van der Waals surface area contributed by atoms with E-state index in [0.717, 1.165) is 5.56 Å². The molecule has 4 unspecified atom stereocenters. The van der Waals surface area contributed by atoms with Gasteiger partial charge < -0.3 is 38.3 Å². The van der Waals surface area contributed by atoms with Gasteiger partial charge in [-0.15, -0.1) is 0 Å². The van der Waals surface area contributed by atoms with Crippen molar-refractivity contribution in [2.24, 2.45) is 17.2 Å². The topological polar surface area (TPSA) is 203 Å². The highest BCUT2D eigenvalue weighted by Crippen LogP contribution is 2.07. The predicted molar refractivity (Wildman–Crippen MR) is 133 cm³/mol. The van der Waals surface area contributed by atoms with Gasteiger partial charge >= 0.3 is 5.97 Å². The minimum absolute atomic E-state index is 0.276. The minimum Gasteiger partial charge on any atom is -0.480 e. The van der Waals surface area contributed by atoms with Crippen LogP contribution in [0.4, 0.5) is 0 Å². The third-order valence-electron chi connectivity index (χ3n) is 5.52. The van der Waals surface area contributed by atoms with Gasteiger partial charge in [0.25, 0.3) is 0 Å². The first-order valence-corrected chi connectivity index (χ1v) is 12.0. The van der Waals surface area contributed by atoms with Gasteiger partial charge in [0.15, 0.2) is 0 Å². The van der Waals surface area contributed by atoms with Gasteiger partial charge in [-0.1, -0.05) is 30.3 Å². The molecule has 0 aromatic heterocycles. The lowest BCUT2D eigenvalue weighted by molar-refractivity contribution is -0.141. The normalized spacial score (nSPS) is 14.3. The third-order valence-corrected chi connectivity index (χ3v) is 5.52. The van der Waals surface area contributed by atoms with E-state index >= 15 is 0 Å². The summed E-state index contributed by atoms with van der Waals surface area (Å²) < 4.78 is 0. The van der Waals surface area contributed by atoms with E-state index in [-0.39, 0.29) is 6.42 Å². The molecule has 3 amide bonds. The number of nitrogens with two attached hydrogens (primary N) is 3. The van der Waals surface area contributed by atoms with Crippen molar-refractivity contribution in [3.63, 3.8) is 0 Å². The SMILES string of the molecule is CC(NC(=O)C(CCCCN)NC(=O)C(CCCCN)NC(=O)C(N)Cc1ccccc1)C(=O)O. The lowest BCUT2D eigenvalue weighted by Gasteiger charge is -2.25. The molecule has 0 heterocycles. The van der Waals surface area contributed by atoms with Gasteiger partial charge in [0.1, 0.15) is 18.1 Å². The molecule has 0 aliphatic carbocycles. The van der Waals surface area contributed by atoms with Crippen LogP contribution >= 0.6 is 0 Å². The predicted octanol–water partition coefficient (Wildman–Crippen LogP) is -0.627. The average Bonchev–Trinajstić information content (AvgIpc) is 2.83. The fourth-order valence-electron chi connectivity index (χ4n) is 3.41. The second-order valence-corrected chi connectivity index (χ2v) is 8.56. The minimum atomic E-state index is -1.19. The lowest BCUT2D eigenvalue weighted by atomic mass is 10.0. The standard InChI is InChI=1S/C24H40N6O5/c1-16(24(34)35)28-22(32)19(11-5-7-13-25)30-23(33)20(12-6-8-14-26)29-21(31)18(27)15-17-9-3-2-4-10-17/h2-4,9-10,16,18-20H,5-8,11-15,25-27H2,1H3,(H,28,32)(H,29,31)(H,30,33)(H,34,35). The van der Waals surface area contributed by atoms with E-state index in [4.69, 9.17) is 22.3 Å². The number of carboxylic acids is 1. The zero-order valence-corrected chi connectivity index (χ0v) is 20.4. The molecule has 4 atom stereocenters. The second-order valence-electron chi connectivity index (χ2n) is 8.56. The third kappa shape index (κ3) is 11.8. The summed E-state index contributed by atoms with van der Waals surface area (Å²) >= 11 is 0. The average molecular weight is 493 g/mol. The number of hydrogen-bond donors (Lipinski definition) is 7. The summed E-state index contributed by atoms with van der Waals surface area (Å²) in [6, 6.07) is 5.43. The van der Waals surface area contributed by atoms with Crippen molar-refractivity contribution in [3.8, 4) is 0 Å². The zero-order valence-electron chi connectivity index (χ0n) is 20.4. The van der Waals surface area contributed by atoms with Crippen molar-refractivity contribution in [3.05, 3.63) is 35.9 Å². The molecule has 10 N–H and O–H groups in total. The van der Waals surface area contributed by atoms with Crippen LogP contribution in [0.15, 0.2) is 30.3 Å². The largest absolute Gasteiger partial charge is 0.480 e. The number of carboxylic acid groups (broad SMARTS) is 1. The number of carbonyl (C=O) groups is 4. The molecule has 11 heteroatoms. The molecule has 196 valence electrons. The molecule has 0 bridgehead atoms. The molecule has 0 aliphatic heterocycles. The summed E-state index contributed by atoms with van der Waals surface area (Å²) in [6.45, 7) is 2.20. The monoisotopic (exact) mass is 492 g/mol. The van der Waals surface area contributed by atoms with E-state index in [1.165, 1.54) is 6.92 Å². The van der Waals surface area contributed by atoms with E-state index in [0.29, 0.717) is 51.6 Å². The Labute approximate surface area is 206 Å². The highest BCUT2D eigenvalue weighted by Gasteiger charge is 2.29. The summed E-state index contributed by atoms with van der Waals surface area (Å²) in [5, 5.41) is 16.8. The van der Waals surface area contributed by atoms with E-state index in [1.54, 1.807) is 0 Å². The summed E-state index contributed by atoms with van der Waals surface area (Å²) in [5.41, 5.74) is 18.1. The van der Waals surface area contributed by atoms with Crippen molar-refractivity contribution in [1.82, 2.24) is 16.0 Å². The Balaban J connectivity index is 2.89. The summed E-state index contributed by atoms with van der Waals surface area (Å²) in [4.78, 5) is 49.6. The van der Waals surface area contributed by atoms with Crippen molar-refractivity contribution in [1.29, 1.82) is 0 Å². The van der Waals surface area contributed by atoms with Crippen LogP contribution in [0.2, 0.25) is 0 Å². The summed E-state index contributed by atoms with van der Waals surface area (Å²) in [5.74, 6) is -2.83. The number of aliphatic carboxylic acids is 1. The molecule has 0 saturated carbocycles. The lowest BCUT2D eigenvalue weighted by Crippen LogP contribution is -2.57. The highest BCUT2D eigenvalue weighted by molar-refractivity contribution is 5.94. The molecule has 0 aliphatic rings. The number of carbonyl (C=O) groups excluding carboxylic acids is 3. The molecule has 0 radical (unpaired) electrons. The Morgan fingerprint density at radius 1 is 0.800 bits per heavy atom. The van der Waals surface area contributed by atoms with Crippen LogP contribution in [0.3, 0.4) is 0 Å². The van der Waals surface area contributed by atoms with E-state index in [2.05, 4.69) is 16.0 Å². The van der Waals surface area contributed by atoms with E-state index in [9.17, 15) is 19.2 Å². The fourth-order valence-corrected chi connectivity index (χ4v) is 3.41. The number of rotatable bonds is 17. The maximum atomic E-state index is 13.1. The number of unbranched alkanes of at least 4 members (excludes halogenated alkanes) is 2. The van der Waals surface area contributed by atoms with Crippen molar-refractivity contribution in [2.75, 3.05) is 13.1 Å². The zero-order chi connectivity index (χ0) is 26.2. The molecular formula is C24H40N6O5. The Morgan fingerprint density at radius 2 is 1.29 bits per heavy atom. The molecule has 0 fully saturated rings. The molecule has 0 saturated heterocycles. The first-order chi connectivity index (χ1) is 16.7. The quantitative estimate of drug-likeness (QED) is 0.139. The van der Waals surface area contributed by atoms with Crippen molar-refractivity contribution in [2.45, 2.75) is 76.0 Å². The smallest absolute Gasteiger partial charge is 0.325 e. The molecule has 1 aromatic rings. The number of amides is 3. The Kier molecular flexibility index (Phi) is 14.2. The number of benzene rings is 1. The van der Waals surface area contributed by atoms with Crippen LogP contribution in [0.25, 0.3) is 0 Å². The molecule has 35 heavy (non-hydrogen) atoms.